The summed E-state index contributed by atoms with van der Waals surface area (Å²) in [4.78, 5) is 13.7. The van der Waals surface area contributed by atoms with E-state index in [0.29, 0.717) is 5.69 Å². The zero-order valence-electron chi connectivity index (χ0n) is 18.6. The van der Waals surface area contributed by atoms with Crippen molar-refractivity contribution in [1.82, 2.24) is 15.1 Å². The molecule has 164 valence electrons. The molecular weight excluding hydrogens is 394 g/mol. The molecule has 1 aromatic heterocycles. The minimum Gasteiger partial charge on any atom is -0.345 e. The SMILES string of the molecule is O=C(NC12CC3CC(CC(C3)C1)C2)c1nn(-c2ccc3ccccc3c2)c2c1CCCC2. The van der Waals surface area contributed by atoms with Crippen molar-refractivity contribution in [1.29, 1.82) is 0 Å². The number of fused-ring (bicyclic) bond motifs is 2. The Balaban J connectivity index is 1.25. The summed E-state index contributed by atoms with van der Waals surface area (Å²) in [6, 6.07) is 15.0. The summed E-state index contributed by atoms with van der Waals surface area (Å²) in [7, 11) is 0. The molecule has 4 heteroatoms. The summed E-state index contributed by atoms with van der Waals surface area (Å²) >= 11 is 0. The normalized spacial score (nSPS) is 30.4. The molecule has 0 spiro atoms. The highest BCUT2D eigenvalue weighted by Crippen LogP contribution is 2.55. The Morgan fingerprint density at radius 2 is 1.59 bits per heavy atom. The number of nitrogens with one attached hydrogen (secondary N) is 1. The van der Waals surface area contributed by atoms with E-state index in [9.17, 15) is 4.79 Å². The lowest BCUT2D eigenvalue weighted by Gasteiger charge is -2.56. The van der Waals surface area contributed by atoms with Crippen molar-refractivity contribution in [3.63, 3.8) is 0 Å². The molecule has 3 aromatic rings. The molecule has 5 aliphatic rings. The monoisotopic (exact) mass is 425 g/mol. The Kier molecular flexibility index (Phi) is 4.10. The molecule has 0 aliphatic heterocycles. The first-order valence-corrected chi connectivity index (χ1v) is 12.6. The number of nitrogens with zero attached hydrogens (tertiary/aromatic N) is 2. The van der Waals surface area contributed by atoms with E-state index >= 15 is 0 Å². The zero-order valence-corrected chi connectivity index (χ0v) is 18.6. The first kappa shape index (κ1) is 18.9. The fourth-order valence-corrected chi connectivity index (χ4v) is 7.87. The van der Waals surface area contributed by atoms with E-state index in [1.165, 1.54) is 67.0 Å². The molecule has 4 fully saturated rings. The van der Waals surface area contributed by atoms with Gasteiger partial charge in [0.05, 0.1) is 5.69 Å². The average molecular weight is 426 g/mol. The highest BCUT2D eigenvalue weighted by molar-refractivity contribution is 5.95. The smallest absolute Gasteiger partial charge is 0.272 e. The minimum absolute atomic E-state index is 0.0279. The third kappa shape index (κ3) is 2.95. The van der Waals surface area contributed by atoms with Gasteiger partial charge in [-0.1, -0.05) is 30.3 Å². The highest BCUT2D eigenvalue weighted by atomic mass is 16.2. The average Bonchev–Trinajstić information content (AvgIpc) is 3.17. The van der Waals surface area contributed by atoms with Gasteiger partial charge in [0.1, 0.15) is 0 Å². The van der Waals surface area contributed by atoms with Crippen molar-refractivity contribution in [3.05, 3.63) is 59.4 Å². The second kappa shape index (κ2) is 6.94. The van der Waals surface area contributed by atoms with Gasteiger partial charge in [0.2, 0.25) is 0 Å². The van der Waals surface area contributed by atoms with Gasteiger partial charge >= 0.3 is 0 Å². The Labute approximate surface area is 189 Å². The molecule has 0 atom stereocenters. The molecule has 1 amide bonds. The Bertz CT molecular complexity index is 1190. The molecule has 4 bridgehead atoms. The second-order valence-electron chi connectivity index (χ2n) is 11.1. The fourth-order valence-electron chi connectivity index (χ4n) is 7.87. The van der Waals surface area contributed by atoms with Crippen LogP contribution in [0.25, 0.3) is 16.5 Å². The van der Waals surface area contributed by atoms with E-state index in [0.717, 1.165) is 42.7 Å². The molecule has 8 rings (SSSR count). The zero-order chi connectivity index (χ0) is 21.3. The molecule has 4 nitrogen and oxygen atoms in total. The van der Waals surface area contributed by atoms with Crippen molar-refractivity contribution in [2.75, 3.05) is 0 Å². The first-order valence-electron chi connectivity index (χ1n) is 12.6. The molecule has 32 heavy (non-hydrogen) atoms. The van der Waals surface area contributed by atoms with Gasteiger partial charge in [-0.3, -0.25) is 4.79 Å². The van der Waals surface area contributed by atoms with Gasteiger partial charge in [0.15, 0.2) is 5.69 Å². The highest BCUT2D eigenvalue weighted by Gasteiger charge is 2.51. The maximum Gasteiger partial charge on any atom is 0.272 e. The van der Waals surface area contributed by atoms with E-state index in [1.54, 1.807) is 0 Å². The molecule has 1 heterocycles. The van der Waals surface area contributed by atoms with Crippen molar-refractivity contribution in [2.24, 2.45) is 17.8 Å². The Hall–Kier alpha value is -2.62. The first-order chi connectivity index (χ1) is 15.7. The van der Waals surface area contributed by atoms with E-state index in [1.807, 2.05) is 0 Å². The maximum atomic E-state index is 13.7. The number of hydrogen-bond donors (Lipinski definition) is 1. The molecule has 5 aliphatic carbocycles. The number of carbonyl (C=O) groups is 1. The molecule has 2 aromatic carbocycles. The van der Waals surface area contributed by atoms with Gasteiger partial charge in [-0.15, -0.1) is 0 Å². The van der Waals surface area contributed by atoms with Crippen LogP contribution in [0.1, 0.15) is 73.1 Å². The standard InChI is InChI=1S/C28H31N3O/c32-27(29-28-15-18-11-19(16-28)13-20(12-18)17-28)26-24-7-3-4-8-25(24)31(30-26)23-10-9-21-5-1-2-6-22(21)14-23/h1-2,5-6,9-10,14,18-20H,3-4,7-8,11-13,15-17H2,(H,29,32). The van der Waals surface area contributed by atoms with Gasteiger partial charge in [-0.2, -0.15) is 5.10 Å². The van der Waals surface area contributed by atoms with Crippen LogP contribution in [0.3, 0.4) is 0 Å². The predicted molar refractivity (Wildman–Crippen MR) is 126 cm³/mol. The minimum atomic E-state index is 0.0279. The third-order valence-electron chi connectivity index (χ3n) is 8.79. The predicted octanol–water partition coefficient (Wildman–Crippen LogP) is 5.60. The molecular formula is C28H31N3O. The van der Waals surface area contributed by atoms with Gasteiger partial charge in [-0.25, -0.2) is 4.68 Å². The molecule has 4 saturated carbocycles. The van der Waals surface area contributed by atoms with Gasteiger partial charge in [0, 0.05) is 16.8 Å². The van der Waals surface area contributed by atoms with Crippen LogP contribution in [-0.2, 0) is 12.8 Å². The lowest BCUT2D eigenvalue weighted by atomic mass is 9.53. The third-order valence-corrected chi connectivity index (χ3v) is 8.79. The number of rotatable bonds is 3. The van der Waals surface area contributed by atoms with Gasteiger partial charge in [0.25, 0.3) is 5.91 Å². The Morgan fingerprint density at radius 1 is 0.906 bits per heavy atom. The van der Waals surface area contributed by atoms with E-state index < -0.39 is 0 Å². The van der Waals surface area contributed by atoms with Crippen LogP contribution in [-0.4, -0.2) is 21.2 Å². The van der Waals surface area contributed by atoms with Crippen LogP contribution in [0.15, 0.2) is 42.5 Å². The van der Waals surface area contributed by atoms with Crippen LogP contribution in [0.4, 0.5) is 0 Å². The summed E-state index contributed by atoms with van der Waals surface area (Å²) in [5.41, 5.74) is 4.20. The topological polar surface area (TPSA) is 46.9 Å². The molecule has 1 N–H and O–H groups in total. The summed E-state index contributed by atoms with van der Waals surface area (Å²) in [5.74, 6) is 2.55. The van der Waals surface area contributed by atoms with Crippen molar-refractivity contribution >= 4 is 16.7 Å². The van der Waals surface area contributed by atoms with Crippen LogP contribution < -0.4 is 5.32 Å². The van der Waals surface area contributed by atoms with Crippen LogP contribution in [0, 0.1) is 17.8 Å². The molecule has 0 unspecified atom stereocenters. The maximum absolute atomic E-state index is 13.7. The number of hydrogen-bond acceptors (Lipinski definition) is 2. The number of aromatic nitrogens is 2. The quantitative estimate of drug-likeness (QED) is 0.593. The van der Waals surface area contributed by atoms with E-state index in [4.69, 9.17) is 5.10 Å². The fraction of sp³-hybridized carbons (Fsp3) is 0.500. The van der Waals surface area contributed by atoms with Crippen molar-refractivity contribution < 1.29 is 4.79 Å². The largest absolute Gasteiger partial charge is 0.345 e. The summed E-state index contributed by atoms with van der Waals surface area (Å²) in [5, 5.41) is 11.0. The van der Waals surface area contributed by atoms with Gasteiger partial charge < -0.3 is 5.32 Å². The van der Waals surface area contributed by atoms with E-state index in [2.05, 4.69) is 52.5 Å². The number of amides is 1. The lowest BCUT2D eigenvalue weighted by molar-refractivity contribution is -0.0168. The summed E-state index contributed by atoms with van der Waals surface area (Å²) in [6.45, 7) is 0. The second-order valence-corrected chi connectivity index (χ2v) is 11.1. The number of benzene rings is 2. The van der Waals surface area contributed by atoms with Gasteiger partial charge in [-0.05, 0) is 105 Å². The van der Waals surface area contributed by atoms with Crippen molar-refractivity contribution in [2.45, 2.75) is 69.7 Å². The van der Waals surface area contributed by atoms with Crippen LogP contribution >= 0.6 is 0 Å². The number of carbonyl (C=O) groups excluding carboxylic acids is 1. The molecule has 0 radical (unpaired) electrons. The molecule has 0 saturated heterocycles. The summed E-state index contributed by atoms with van der Waals surface area (Å²) < 4.78 is 2.07. The summed E-state index contributed by atoms with van der Waals surface area (Å²) in [6.07, 6.45) is 12.0. The Morgan fingerprint density at radius 3 is 2.34 bits per heavy atom. The lowest BCUT2D eigenvalue weighted by Crippen LogP contribution is -2.60. The van der Waals surface area contributed by atoms with Crippen molar-refractivity contribution in [3.8, 4) is 5.69 Å². The van der Waals surface area contributed by atoms with Crippen LogP contribution in [0.2, 0.25) is 0 Å². The van der Waals surface area contributed by atoms with Crippen LogP contribution in [0.5, 0.6) is 0 Å². The van der Waals surface area contributed by atoms with E-state index in [-0.39, 0.29) is 11.4 Å².